The van der Waals surface area contributed by atoms with Gasteiger partial charge in [0.25, 0.3) is 0 Å². The van der Waals surface area contributed by atoms with Crippen molar-refractivity contribution in [1.29, 1.82) is 0 Å². The van der Waals surface area contributed by atoms with Crippen molar-refractivity contribution in [3.8, 4) is 0 Å². The number of esters is 1. The van der Waals surface area contributed by atoms with Crippen LogP contribution in [0.4, 0.5) is 0 Å². The van der Waals surface area contributed by atoms with Crippen LogP contribution in [0.2, 0.25) is 0 Å². The molecular weight excluding hydrogens is 324 g/mol. The largest absolute Gasteiger partial charge is 0.462 e. The lowest BCUT2D eigenvalue weighted by Gasteiger charge is -2.55. The molecule has 4 saturated carbocycles. The summed E-state index contributed by atoms with van der Waals surface area (Å²) in [5.74, 6) is 1.31. The molecule has 6 rings (SSSR count). The van der Waals surface area contributed by atoms with Crippen LogP contribution >= 0.6 is 0 Å². The van der Waals surface area contributed by atoms with Gasteiger partial charge in [-0.05, 0) is 70.1 Å². The highest BCUT2D eigenvalue weighted by Gasteiger charge is 2.57. The van der Waals surface area contributed by atoms with Crippen molar-refractivity contribution in [3.63, 3.8) is 0 Å². The number of ether oxygens (including phenoxy) is 4. The molecule has 0 aromatic carbocycles. The van der Waals surface area contributed by atoms with E-state index < -0.39 is 30.4 Å². The molecule has 0 spiro atoms. The Morgan fingerprint density at radius 1 is 1.04 bits per heavy atom. The molecule has 2 aliphatic heterocycles. The average molecular weight is 352 g/mol. The fraction of sp³-hybridized carbons (Fsp3) is 0.947. The van der Waals surface area contributed by atoms with Crippen LogP contribution in [0.15, 0.2) is 0 Å². The number of fused-ring (bicyclic) bond motifs is 1. The molecule has 140 valence electrons. The smallest absolute Gasteiger partial charge is 0.312 e. The van der Waals surface area contributed by atoms with Crippen molar-refractivity contribution in [3.05, 3.63) is 0 Å². The summed E-state index contributed by atoms with van der Waals surface area (Å²) in [5, 5.41) is 10.0. The van der Waals surface area contributed by atoms with Crippen LogP contribution in [0.5, 0.6) is 0 Å². The van der Waals surface area contributed by atoms with Crippen LogP contribution in [0.1, 0.15) is 52.4 Å². The topological polar surface area (TPSA) is 74.2 Å². The number of rotatable bonds is 3. The quantitative estimate of drug-likeness (QED) is 0.783. The Kier molecular flexibility index (Phi) is 3.57. The van der Waals surface area contributed by atoms with E-state index in [4.69, 9.17) is 18.9 Å². The molecule has 6 heteroatoms. The molecule has 0 amide bonds. The van der Waals surface area contributed by atoms with Crippen LogP contribution < -0.4 is 0 Å². The summed E-state index contributed by atoms with van der Waals surface area (Å²) < 4.78 is 22.8. The van der Waals surface area contributed by atoms with Crippen LogP contribution in [-0.4, -0.2) is 48.1 Å². The molecule has 6 fully saturated rings. The average Bonchev–Trinajstić information content (AvgIpc) is 2.98. The highest BCUT2D eigenvalue weighted by Crippen LogP contribution is 2.60. The lowest BCUT2D eigenvalue weighted by Crippen LogP contribution is -2.51. The zero-order chi connectivity index (χ0) is 17.4. The van der Waals surface area contributed by atoms with Crippen molar-refractivity contribution < 1.29 is 28.8 Å². The summed E-state index contributed by atoms with van der Waals surface area (Å²) in [7, 11) is 0. The summed E-state index contributed by atoms with van der Waals surface area (Å²) in [6.45, 7) is 3.76. The number of hydrogen-bond acceptors (Lipinski definition) is 6. The Morgan fingerprint density at radius 3 is 2.20 bits per heavy atom. The summed E-state index contributed by atoms with van der Waals surface area (Å²) in [4.78, 5) is 12.9. The molecule has 25 heavy (non-hydrogen) atoms. The second-order valence-electron chi connectivity index (χ2n) is 9.43. The second-order valence-corrected chi connectivity index (χ2v) is 9.43. The minimum absolute atomic E-state index is 0.0636. The molecular formula is C19H28O6. The molecule has 6 aliphatic rings. The summed E-state index contributed by atoms with van der Waals surface area (Å²) in [6.07, 6.45) is 4.46. The van der Waals surface area contributed by atoms with Crippen LogP contribution in [-0.2, 0) is 23.7 Å². The van der Waals surface area contributed by atoms with E-state index in [1.165, 1.54) is 19.3 Å². The zero-order valence-electron chi connectivity index (χ0n) is 15.0. The number of aliphatic hydroxyl groups is 1. The first-order valence-corrected chi connectivity index (χ1v) is 9.70. The van der Waals surface area contributed by atoms with Gasteiger partial charge >= 0.3 is 5.97 Å². The first kappa shape index (κ1) is 16.5. The van der Waals surface area contributed by atoms with E-state index in [9.17, 15) is 9.90 Å². The van der Waals surface area contributed by atoms with Gasteiger partial charge in [0.05, 0.1) is 5.41 Å². The van der Waals surface area contributed by atoms with Gasteiger partial charge in [-0.1, -0.05) is 0 Å². The number of carbonyl (C=O) groups excluding carboxylic acids is 1. The van der Waals surface area contributed by atoms with Gasteiger partial charge in [-0.15, -0.1) is 0 Å². The van der Waals surface area contributed by atoms with E-state index >= 15 is 0 Å². The predicted octanol–water partition coefficient (Wildman–Crippen LogP) is 1.98. The Morgan fingerprint density at radius 2 is 1.60 bits per heavy atom. The standard InChI is InChI=1S/C19H28O6/c1-18(2)24-14-13(23-16(20)15(14)25-18)9-22-17(21)19-6-10-3-11(7-19)5-12(4-10)8-19/h10-16,20H,3-9H2,1-2H3/t10?,11?,12?,13-,14-,15-,16?,19?/m1/s1. The predicted molar refractivity (Wildman–Crippen MR) is 86.3 cm³/mol. The second kappa shape index (κ2) is 5.41. The van der Waals surface area contributed by atoms with E-state index in [1.54, 1.807) is 0 Å². The van der Waals surface area contributed by atoms with Gasteiger partial charge in [0.15, 0.2) is 12.1 Å². The Hall–Kier alpha value is -0.690. The van der Waals surface area contributed by atoms with Crippen LogP contribution in [0.3, 0.4) is 0 Å². The minimum atomic E-state index is -1.03. The Balaban J connectivity index is 1.24. The molecule has 2 saturated heterocycles. The maximum absolute atomic E-state index is 12.9. The van der Waals surface area contributed by atoms with Crippen LogP contribution in [0, 0.1) is 23.2 Å². The van der Waals surface area contributed by atoms with Gasteiger partial charge in [-0.3, -0.25) is 4.79 Å². The van der Waals surface area contributed by atoms with Gasteiger partial charge in [0, 0.05) is 0 Å². The molecule has 6 nitrogen and oxygen atoms in total. The maximum Gasteiger partial charge on any atom is 0.312 e. The number of carbonyl (C=O) groups is 1. The monoisotopic (exact) mass is 352 g/mol. The summed E-state index contributed by atoms with van der Waals surface area (Å²) >= 11 is 0. The lowest BCUT2D eigenvalue weighted by atomic mass is 9.49. The fourth-order valence-electron chi connectivity index (χ4n) is 6.46. The normalized spacial score (nSPS) is 52.4. The van der Waals surface area contributed by atoms with E-state index in [0.29, 0.717) is 17.8 Å². The number of aliphatic hydroxyl groups excluding tert-OH is 1. The molecule has 1 N–H and O–H groups in total. The Bertz CT molecular complexity index is 537. The summed E-state index contributed by atoms with van der Waals surface area (Å²) in [6, 6.07) is 0. The highest BCUT2D eigenvalue weighted by atomic mass is 16.8. The van der Waals surface area contributed by atoms with E-state index in [2.05, 4.69) is 0 Å². The third-order valence-electron chi connectivity index (χ3n) is 6.98. The van der Waals surface area contributed by atoms with Crippen molar-refractivity contribution in [1.82, 2.24) is 0 Å². The van der Waals surface area contributed by atoms with Gasteiger partial charge in [0.2, 0.25) is 0 Å². The van der Waals surface area contributed by atoms with Crippen molar-refractivity contribution in [2.24, 2.45) is 23.2 Å². The third kappa shape index (κ3) is 2.64. The first-order chi connectivity index (χ1) is 11.8. The van der Waals surface area contributed by atoms with Gasteiger partial charge < -0.3 is 24.1 Å². The third-order valence-corrected chi connectivity index (χ3v) is 6.98. The molecule has 1 unspecified atom stereocenters. The molecule has 2 heterocycles. The Labute approximate surface area is 148 Å². The van der Waals surface area contributed by atoms with Crippen molar-refractivity contribution >= 4 is 5.97 Å². The van der Waals surface area contributed by atoms with Gasteiger partial charge in [-0.25, -0.2) is 0 Å². The lowest BCUT2D eigenvalue weighted by molar-refractivity contribution is -0.226. The van der Waals surface area contributed by atoms with Crippen LogP contribution in [0.25, 0.3) is 0 Å². The molecule has 0 aromatic heterocycles. The maximum atomic E-state index is 12.9. The van der Waals surface area contributed by atoms with Crippen molar-refractivity contribution in [2.75, 3.05) is 6.61 Å². The molecule has 4 atom stereocenters. The number of hydrogen-bond donors (Lipinski definition) is 1. The SMILES string of the molecule is CC1(C)O[C@@H]2[C@@H](COC(=O)C34CC5CC(CC(C5)C3)C4)OC(O)[C@@H]2O1. The zero-order valence-corrected chi connectivity index (χ0v) is 15.0. The first-order valence-electron chi connectivity index (χ1n) is 9.70. The van der Waals surface area contributed by atoms with E-state index in [0.717, 1.165) is 19.3 Å². The minimum Gasteiger partial charge on any atom is -0.462 e. The highest BCUT2D eigenvalue weighted by molar-refractivity contribution is 5.77. The van der Waals surface area contributed by atoms with E-state index in [1.807, 2.05) is 13.8 Å². The molecule has 4 aliphatic carbocycles. The van der Waals surface area contributed by atoms with Crippen molar-refractivity contribution in [2.45, 2.75) is 82.8 Å². The molecule has 0 aromatic rings. The van der Waals surface area contributed by atoms with Gasteiger partial charge in [-0.2, -0.15) is 0 Å². The van der Waals surface area contributed by atoms with Gasteiger partial charge in [0.1, 0.15) is 24.9 Å². The fourth-order valence-corrected chi connectivity index (χ4v) is 6.46. The molecule has 4 bridgehead atoms. The summed E-state index contributed by atoms with van der Waals surface area (Å²) in [5.41, 5.74) is -0.266. The van der Waals surface area contributed by atoms with E-state index in [-0.39, 0.29) is 18.0 Å². The molecule has 0 radical (unpaired) electrons.